The summed E-state index contributed by atoms with van der Waals surface area (Å²) in [6.07, 6.45) is 0. The number of carbonyl (C=O) groups excluding carboxylic acids is 2. The topological polar surface area (TPSA) is 49.4 Å². The molecule has 0 aliphatic rings. The number of benzene rings is 2. The first-order valence-electron chi connectivity index (χ1n) is 9.19. The van der Waals surface area contributed by atoms with E-state index in [1.54, 1.807) is 24.0 Å². The Labute approximate surface area is 176 Å². The van der Waals surface area contributed by atoms with E-state index in [9.17, 15) is 9.59 Å². The highest BCUT2D eigenvalue weighted by Crippen LogP contribution is 2.22. The van der Waals surface area contributed by atoms with Crippen LogP contribution in [0.15, 0.2) is 59.5 Å². The first kappa shape index (κ1) is 22.3. The molecule has 0 aliphatic carbocycles. The number of thioether (sulfide) groups is 1. The first-order valence-corrected chi connectivity index (χ1v) is 10.6. The summed E-state index contributed by atoms with van der Waals surface area (Å²) in [5, 5.41) is 3.63. The van der Waals surface area contributed by atoms with Crippen LogP contribution in [0, 0.1) is 0 Å². The Hall–Kier alpha value is -1.98. The van der Waals surface area contributed by atoms with Crippen molar-refractivity contribution in [1.82, 2.24) is 10.2 Å². The second-order valence-electron chi connectivity index (χ2n) is 7.67. The smallest absolute Gasteiger partial charge is 0.242 e. The summed E-state index contributed by atoms with van der Waals surface area (Å²) < 4.78 is 0. The Morgan fingerprint density at radius 2 is 1.68 bits per heavy atom. The fourth-order valence-corrected chi connectivity index (χ4v) is 3.51. The van der Waals surface area contributed by atoms with Gasteiger partial charge in [0.05, 0.1) is 5.75 Å². The van der Waals surface area contributed by atoms with Gasteiger partial charge in [0.15, 0.2) is 0 Å². The Kier molecular flexibility index (Phi) is 7.96. The maximum absolute atomic E-state index is 13.0. The summed E-state index contributed by atoms with van der Waals surface area (Å²) in [6, 6.07) is 16.5. The number of nitrogens with one attached hydrogen (secondary N) is 1. The molecule has 0 bridgehead atoms. The number of rotatable bonds is 7. The Bertz CT molecular complexity index is 788. The summed E-state index contributed by atoms with van der Waals surface area (Å²) in [6.45, 7) is 7.94. The van der Waals surface area contributed by atoms with Gasteiger partial charge in [-0.25, -0.2) is 0 Å². The molecule has 0 fully saturated rings. The SMILES string of the molecule is CC(C(=O)NC(C)(C)C)N(Cc1ccccc1)C(=O)CSc1ccc(Cl)cc1. The van der Waals surface area contributed by atoms with Gasteiger partial charge in [0.25, 0.3) is 0 Å². The Balaban J connectivity index is 2.12. The van der Waals surface area contributed by atoms with Crippen molar-refractivity contribution in [1.29, 1.82) is 0 Å². The van der Waals surface area contributed by atoms with Gasteiger partial charge in [0, 0.05) is 22.0 Å². The quantitative estimate of drug-likeness (QED) is 0.659. The van der Waals surface area contributed by atoms with E-state index in [0.717, 1.165) is 10.5 Å². The number of hydrogen-bond acceptors (Lipinski definition) is 3. The molecule has 2 rings (SSSR count). The van der Waals surface area contributed by atoms with Gasteiger partial charge in [0.2, 0.25) is 11.8 Å². The molecule has 4 nitrogen and oxygen atoms in total. The third kappa shape index (κ3) is 7.21. The molecular weight excluding hydrogens is 392 g/mol. The fraction of sp³-hybridized carbons (Fsp3) is 0.364. The zero-order valence-electron chi connectivity index (χ0n) is 16.7. The zero-order chi connectivity index (χ0) is 20.7. The van der Waals surface area contributed by atoms with Crippen molar-refractivity contribution in [3.05, 3.63) is 65.2 Å². The van der Waals surface area contributed by atoms with Crippen molar-refractivity contribution in [3.8, 4) is 0 Å². The van der Waals surface area contributed by atoms with Gasteiger partial charge in [-0.2, -0.15) is 0 Å². The average Bonchev–Trinajstić information content (AvgIpc) is 2.64. The van der Waals surface area contributed by atoms with Crippen molar-refractivity contribution in [2.75, 3.05) is 5.75 Å². The summed E-state index contributed by atoms with van der Waals surface area (Å²) in [4.78, 5) is 28.3. The van der Waals surface area contributed by atoms with Crippen molar-refractivity contribution >= 4 is 35.2 Å². The molecule has 0 spiro atoms. The molecule has 0 radical (unpaired) electrons. The molecule has 2 amide bonds. The molecule has 1 unspecified atom stereocenters. The second-order valence-corrected chi connectivity index (χ2v) is 9.15. The molecule has 1 atom stereocenters. The predicted octanol–water partition coefficient (Wildman–Crippen LogP) is 4.76. The highest BCUT2D eigenvalue weighted by atomic mass is 35.5. The number of carbonyl (C=O) groups is 2. The van der Waals surface area contributed by atoms with E-state index in [2.05, 4.69) is 5.32 Å². The van der Waals surface area contributed by atoms with Crippen LogP contribution in [0.1, 0.15) is 33.3 Å². The molecule has 1 N–H and O–H groups in total. The molecule has 6 heteroatoms. The van der Waals surface area contributed by atoms with E-state index in [1.165, 1.54) is 11.8 Å². The molecule has 0 heterocycles. The van der Waals surface area contributed by atoms with Gasteiger partial charge in [0.1, 0.15) is 6.04 Å². The van der Waals surface area contributed by atoms with Gasteiger partial charge in [-0.1, -0.05) is 41.9 Å². The lowest BCUT2D eigenvalue weighted by atomic mass is 10.1. The van der Waals surface area contributed by atoms with Crippen molar-refractivity contribution in [2.45, 2.75) is 50.7 Å². The third-order valence-electron chi connectivity index (χ3n) is 4.04. The number of amides is 2. The minimum Gasteiger partial charge on any atom is -0.350 e. The summed E-state index contributed by atoms with van der Waals surface area (Å²) >= 11 is 7.35. The van der Waals surface area contributed by atoms with Crippen LogP contribution >= 0.6 is 23.4 Å². The van der Waals surface area contributed by atoms with Crippen LogP contribution in [-0.4, -0.2) is 34.0 Å². The van der Waals surface area contributed by atoms with Crippen LogP contribution in [-0.2, 0) is 16.1 Å². The Morgan fingerprint density at radius 3 is 2.25 bits per heavy atom. The lowest BCUT2D eigenvalue weighted by Crippen LogP contribution is -2.52. The van der Waals surface area contributed by atoms with Crippen LogP contribution < -0.4 is 5.32 Å². The maximum atomic E-state index is 13.0. The standard InChI is InChI=1S/C22H27ClN2O2S/c1-16(21(27)24-22(2,3)4)25(14-17-8-6-5-7-9-17)20(26)15-28-19-12-10-18(23)11-13-19/h5-13,16H,14-15H2,1-4H3,(H,24,27). The molecular formula is C22H27ClN2O2S. The van der Waals surface area contributed by atoms with Gasteiger partial charge in [-0.15, -0.1) is 11.8 Å². The molecule has 2 aromatic rings. The summed E-state index contributed by atoms with van der Waals surface area (Å²) in [5.74, 6) is 0.00959. The van der Waals surface area contributed by atoms with Crippen molar-refractivity contribution in [2.24, 2.45) is 0 Å². The molecule has 150 valence electrons. The number of halogens is 1. The molecule has 2 aromatic carbocycles. The van der Waals surface area contributed by atoms with Crippen LogP contribution in [0.5, 0.6) is 0 Å². The third-order valence-corrected chi connectivity index (χ3v) is 5.29. The molecule has 0 aromatic heterocycles. The predicted molar refractivity (Wildman–Crippen MR) is 117 cm³/mol. The molecule has 0 saturated heterocycles. The minimum absolute atomic E-state index is 0.0830. The lowest BCUT2D eigenvalue weighted by Gasteiger charge is -2.31. The van der Waals surface area contributed by atoms with Crippen molar-refractivity contribution in [3.63, 3.8) is 0 Å². The van der Waals surface area contributed by atoms with Gasteiger partial charge in [-0.05, 0) is 57.5 Å². The number of nitrogens with zero attached hydrogens (tertiary/aromatic N) is 1. The summed E-state index contributed by atoms with van der Waals surface area (Å²) in [7, 11) is 0. The molecule has 28 heavy (non-hydrogen) atoms. The van der Waals surface area contributed by atoms with Crippen LogP contribution in [0.25, 0.3) is 0 Å². The van der Waals surface area contributed by atoms with Gasteiger partial charge < -0.3 is 10.2 Å². The average molecular weight is 419 g/mol. The largest absolute Gasteiger partial charge is 0.350 e. The van der Waals surface area contributed by atoms with E-state index in [0.29, 0.717) is 11.6 Å². The van der Waals surface area contributed by atoms with E-state index in [1.807, 2.05) is 63.2 Å². The second kappa shape index (κ2) is 9.99. The molecule has 0 aliphatic heterocycles. The van der Waals surface area contributed by atoms with E-state index >= 15 is 0 Å². The van der Waals surface area contributed by atoms with Gasteiger partial charge >= 0.3 is 0 Å². The highest BCUT2D eigenvalue weighted by molar-refractivity contribution is 8.00. The zero-order valence-corrected chi connectivity index (χ0v) is 18.3. The molecule has 0 saturated carbocycles. The summed E-state index contributed by atoms with van der Waals surface area (Å²) in [5.41, 5.74) is 0.632. The van der Waals surface area contributed by atoms with Crippen molar-refractivity contribution < 1.29 is 9.59 Å². The monoisotopic (exact) mass is 418 g/mol. The van der Waals surface area contributed by atoms with E-state index in [4.69, 9.17) is 11.6 Å². The normalized spacial score (nSPS) is 12.3. The van der Waals surface area contributed by atoms with Crippen LogP contribution in [0.4, 0.5) is 0 Å². The van der Waals surface area contributed by atoms with E-state index < -0.39 is 6.04 Å². The maximum Gasteiger partial charge on any atom is 0.242 e. The van der Waals surface area contributed by atoms with Gasteiger partial charge in [-0.3, -0.25) is 9.59 Å². The lowest BCUT2D eigenvalue weighted by molar-refractivity contribution is -0.139. The first-order chi connectivity index (χ1) is 13.2. The Morgan fingerprint density at radius 1 is 1.07 bits per heavy atom. The fourth-order valence-electron chi connectivity index (χ4n) is 2.60. The number of hydrogen-bond donors (Lipinski definition) is 1. The highest BCUT2D eigenvalue weighted by Gasteiger charge is 2.28. The van der Waals surface area contributed by atoms with E-state index in [-0.39, 0.29) is 23.1 Å². The minimum atomic E-state index is -0.572. The van der Waals surface area contributed by atoms with Crippen LogP contribution in [0.2, 0.25) is 5.02 Å². The van der Waals surface area contributed by atoms with Crippen LogP contribution in [0.3, 0.4) is 0 Å².